The molecule has 0 N–H and O–H groups in total. The van der Waals surface area contributed by atoms with Crippen molar-refractivity contribution in [1.29, 1.82) is 0 Å². The quantitative estimate of drug-likeness (QED) is 0.785. The third-order valence-corrected chi connectivity index (χ3v) is 4.67. The Morgan fingerprint density at radius 2 is 2.28 bits per heavy atom. The van der Waals surface area contributed by atoms with Crippen LogP contribution in [0.15, 0.2) is 22.0 Å². The van der Waals surface area contributed by atoms with Gasteiger partial charge in [-0.25, -0.2) is 0 Å². The number of hydrogen-bond donors (Lipinski definition) is 0. The van der Waals surface area contributed by atoms with E-state index in [2.05, 4.69) is 28.0 Å². The second-order valence-electron chi connectivity index (χ2n) is 3.99. The maximum Gasteiger partial charge on any atom is 0.179 e. The highest BCUT2D eigenvalue weighted by Crippen LogP contribution is 2.24. The van der Waals surface area contributed by atoms with Crippen molar-refractivity contribution in [3.05, 3.63) is 38.3 Å². The minimum Gasteiger partial charge on any atom is -0.293 e. The maximum atomic E-state index is 12.2. The molecule has 0 bridgehead atoms. The van der Waals surface area contributed by atoms with Crippen LogP contribution >= 0.6 is 27.3 Å². The van der Waals surface area contributed by atoms with E-state index in [1.807, 2.05) is 29.1 Å². The lowest BCUT2D eigenvalue weighted by Crippen LogP contribution is -2.09. The van der Waals surface area contributed by atoms with Crippen LogP contribution in [0.5, 0.6) is 0 Å². The summed E-state index contributed by atoms with van der Waals surface area (Å²) in [5.74, 6) is 0.147. The summed E-state index contributed by atoms with van der Waals surface area (Å²) in [6, 6.07) is 3.94. The van der Waals surface area contributed by atoms with Crippen molar-refractivity contribution >= 4 is 33.0 Å². The molecule has 0 aliphatic carbocycles. The van der Waals surface area contributed by atoms with Crippen LogP contribution in [-0.2, 0) is 19.4 Å². The average molecular weight is 327 g/mol. The molecule has 0 spiro atoms. The SMILES string of the molecule is CCc1cc(CC(=O)c2sccc2Br)n(CC)n1. The van der Waals surface area contributed by atoms with E-state index in [9.17, 15) is 4.79 Å². The molecule has 0 aromatic carbocycles. The predicted octanol–water partition coefficient (Wildman–Crippen LogP) is 3.71. The van der Waals surface area contributed by atoms with Gasteiger partial charge in [-0.3, -0.25) is 9.48 Å². The monoisotopic (exact) mass is 326 g/mol. The molecule has 0 aliphatic heterocycles. The van der Waals surface area contributed by atoms with E-state index in [0.717, 1.165) is 33.7 Å². The van der Waals surface area contributed by atoms with Crippen molar-refractivity contribution in [2.75, 3.05) is 0 Å². The lowest BCUT2D eigenvalue weighted by atomic mass is 10.2. The number of carbonyl (C=O) groups is 1. The van der Waals surface area contributed by atoms with Crippen molar-refractivity contribution in [3.63, 3.8) is 0 Å². The summed E-state index contributed by atoms with van der Waals surface area (Å²) in [6.45, 7) is 4.92. The first-order chi connectivity index (χ1) is 8.65. The lowest BCUT2D eigenvalue weighted by molar-refractivity contribution is 0.0994. The number of nitrogens with zero attached hydrogens (tertiary/aromatic N) is 2. The molecule has 18 heavy (non-hydrogen) atoms. The molecule has 2 heterocycles. The van der Waals surface area contributed by atoms with Crippen LogP contribution in [0.25, 0.3) is 0 Å². The Bertz CT molecular complexity index is 559. The Labute approximate surface area is 119 Å². The Hall–Kier alpha value is -0.940. The van der Waals surface area contributed by atoms with Gasteiger partial charge >= 0.3 is 0 Å². The molecule has 0 radical (unpaired) electrons. The van der Waals surface area contributed by atoms with E-state index in [0.29, 0.717) is 6.42 Å². The molecular weight excluding hydrogens is 312 g/mol. The van der Waals surface area contributed by atoms with Gasteiger partial charge in [-0.2, -0.15) is 5.10 Å². The summed E-state index contributed by atoms with van der Waals surface area (Å²) in [5, 5.41) is 6.38. The van der Waals surface area contributed by atoms with Gasteiger partial charge in [0.15, 0.2) is 5.78 Å². The van der Waals surface area contributed by atoms with E-state index >= 15 is 0 Å². The molecule has 2 aromatic heterocycles. The Morgan fingerprint density at radius 1 is 1.50 bits per heavy atom. The van der Waals surface area contributed by atoms with Crippen molar-refractivity contribution in [2.45, 2.75) is 33.2 Å². The zero-order chi connectivity index (χ0) is 13.1. The lowest BCUT2D eigenvalue weighted by Gasteiger charge is -2.03. The van der Waals surface area contributed by atoms with Crippen molar-refractivity contribution < 1.29 is 4.79 Å². The molecule has 0 saturated heterocycles. The molecular formula is C13H15BrN2OS. The first-order valence-electron chi connectivity index (χ1n) is 5.97. The molecule has 5 heteroatoms. The van der Waals surface area contributed by atoms with Gasteiger partial charge in [0.05, 0.1) is 17.0 Å². The highest BCUT2D eigenvalue weighted by Gasteiger charge is 2.15. The van der Waals surface area contributed by atoms with E-state index < -0.39 is 0 Å². The summed E-state index contributed by atoms with van der Waals surface area (Å²) in [4.78, 5) is 13.0. The summed E-state index contributed by atoms with van der Waals surface area (Å²) >= 11 is 4.88. The van der Waals surface area contributed by atoms with E-state index in [-0.39, 0.29) is 5.78 Å². The van der Waals surface area contributed by atoms with Crippen LogP contribution in [-0.4, -0.2) is 15.6 Å². The molecule has 0 saturated carbocycles. The van der Waals surface area contributed by atoms with Crippen molar-refractivity contribution in [1.82, 2.24) is 9.78 Å². The minimum absolute atomic E-state index is 0.147. The zero-order valence-electron chi connectivity index (χ0n) is 10.4. The third kappa shape index (κ3) is 2.72. The summed E-state index contributed by atoms with van der Waals surface area (Å²) in [6.07, 6.45) is 1.32. The van der Waals surface area contributed by atoms with E-state index in [4.69, 9.17) is 0 Å². The van der Waals surface area contributed by atoms with Crippen LogP contribution < -0.4 is 0 Å². The zero-order valence-corrected chi connectivity index (χ0v) is 12.8. The largest absolute Gasteiger partial charge is 0.293 e. The molecule has 0 atom stereocenters. The third-order valence-electron chi connectivity index (χ3n) is 2.79. The Morgan fingerprint density at radius 3 is 2.83 bits per heavy atom. The van der Waals surface area contributed by atoms with Crippen LogP contribution in [0.1, 0.15) is 34.9 Å². The smallest absolute Gasteiger partial charge is 0.179 e. The first-order valence-corrected chi connectivity index (χ1v) is 7.64. The number of rotatable bonds is 5. The summed E-state index contributed by atoms with van der Waals surface area (Å²) < 4.78 is 2.80. The summed E-state index contributed by atoms with van der Waals surface area (Å²) in [7, 11) is 0. The Balaban J connectivity index is 2.21. The minimum atomic E-state index is 0.147. The second kappa shape index (κ2) is 5.80. The number of ketones is 1. The highest BCUT2D eigenvalue weighted by molar-refractivity contribution is 9.10. The van der Waals surface area contributed by atoms with Gasteiger partial charge in [0.25, 0.3) is 0 Å². The topological polar surface area (TPSA) is 34.9 Å². The fourth-order valence-electron chi connectivity index (χ4n) is 1.84. The van der Waals surface area contributed by atoms with Crippen molar-refractivity contribution in [2.24, 2.45) is 0 Å². The van der Waals surface area contributed by atoms with E-state index in [1.54, 1.807) is 0 Å². The van der Waals surface area contributed by atoms with Gasteiger partial charge in [0.1, 0.15) is 0 Å². The molecule has 0 fully saturated rings. The van der Waals surface area contributed by atoms with Crippen LogP contribution in [0, 0.1) is 0 Å². The van der Waals surface area contributed by atoms with Gasteiger partial charge in [0.2, 0.25) is 0 Å². The number of aromatic nitrogens is 2. The molecule has 3 nitrogen and oxygen atoms in total. The van der Waals surface area contributed by atoms with Gasteiger partial charge in [0, 0.05) is 16.7 Å². The van der Waals surface area contributed by atoms with Crippen LogP contribution in [0.2, 0.25) is 0 Å². The molecule has 0 aliphatic rings. The second-order valence-corrected chi connectivity index (χ2v) is 5.76. The van der Waals surface area contributed by atoms with Gasteiger partial charge < -0.3 is 0 Å². The Kier molecular flexibility index (Phi) is 4.35. The van der Waals surface area contributed by atoms with Crippen LogP contribution in [0.3, 0.4) is 0 Å². The number of halogens is 1. The molecule has 0 unspecified atom stereocenters. The standard InChI is InChI=1S/C13H15BrN2OS/c1-3-9-7-10(16(4-2)15-9)8-12(17)13-11(14)5-6-18-13/h5-7H,3-4,8H2,1-2H3. The fourth-order valence-corrected chi connectivity index (χ4v) is 3.37. The number of carbonyl (C=O) groups excluding carboxylic acids is 1. The van der Waals surface area contributed by atoms with E-state index in [1.165, 1.54) is 11.3 Å². The molecule has 2 rings (SSSR count). The van der Waals surface area contributed by atoms with Gasteiger partial charge in [-0.15, -0.1) is 11.3 Å². The predicted molar refractivity (Wildman–Crippen MR) is 77.3 cm³/mol. The van der Waals surface area contributed by atoms with Crippen LogP contribution in [0.4, 0.5) is 0 Å². The number of Topliss-reactive ketones (excluding diaryl/α,β-unsaturated/α-hetero) is 1. The average Bonchev–Trinajstić information content (AvgIpc) is 2.95. The first kappa shape index (κ1) is 13.5. The maximum absolute atomic E-state index is 12.2. The van der Waals surface area contributed by atoms with Gasteiger partial charge in [-0.05, 0) is 46.8 Å². The fraction of sp³-hybridized carbons (Fsp3) is 0.385. The number of hydrogen-bond acceptors (Lipinski definition) is 3. The molecule has 96 valence electrons. The summed E-state index contributed by atoms with van der Waals surface area (Å²) in [5.41, 5.74) is 2.05. The highest BCUT2D eigenvalue weighted by atomic mass is 79.9. The molecule has 0 amide bonds. The molecule has 2 aromatic rings. The normalized spacial score (nSPS) is 10.8. The van der Waals surface area contributed by atoms with Gasteiger partial charge in [-0.1, -0.05) is 6.92 Å². The number of thiophene rings is 1. The number of aryl methyl sites for hydroxylation is 2. The van der Waals surface area contributed by atoms with Crippen molar-refractivity contribution in [3.8, 4) is 0 Å².